The number of amides is 1. The van der Waals surface area contributed by atoms with Crippen LogP contribution in [-0.2, 0) is 0 Å². The standard InChI is InChI=1S/C12H8N2OS/c13-12(15)10-5-7-6-14-9-4-2-1-3-8(9)11(7)16-10/h1-6H,(H2,13,15). The second kappa shape index (κ2) is 3.28. The lowest BCUT2D eigenvalue weighted by Gasteiger charge is -1.96. The Bertz CT molecular complexity index is 702. The van der Waals surface area contributed by atoms with Crippen LogP contribution in [0.25, 0.3) is 21.0 Å². The number of hydrogen-bond acceptors (Lipinski definition) is 3. The fraction of sp³-hybridized carbons (Fsp3) is 0. The number of rotatable bonds is 1. The highest BCUT2D eigenvalue weighted by Crippen LogP contribution is 2.30. The van der Waals surface area contributed by atoms with Crippen LogP contribution in [0.15, 0.2) is 36.5 Å². The Kier molecular flexibility index (Phi) is 1.91. The molecule has 0 unspecified atom stereocenters. The summed E-state index contributed by atoms with van der Waals surface area (Å²) in [5.41, 5.74) is 6.21. The number of hydrogen-bond donors (Lipinski definition) is 1. The Balaban J connectivity index is 2.46. The van der Waals surface area contributed by atoms with E-state index in [1.165, 1.54) is 11.3 Å². The molecule has 1 aromatic carbocycles. The smallest absolute Gasteiger partial charge is 0.258 e. The van der Waals surface area contributed by atoms with Crippen LogP contribution in [-0.4, -0.2) is 10.9 Å². The molecule has 0 fully saturated rings. The first-order valence-electron chi connectivity index (χ1n) is 4.83. The van der Waals surface area contributed by atoms with E-state index in [0.29, 0.717) is 4.88 Å². The molecule has 2 N–H and O–H groups in total. The van der Waals surface area contributed by atoms with Crippen LogP contribution in [0, 0.1) is 0 Å². The SMILES string of the molecule is NC(=O)c1cc2cnc3ccccc3c2s1. The number of carbonyl (C=O) groups is 1. The van der Waals surface area contributed by atoms with Gasteiger partial charge in [-0.25, -0.2) is 0 Å². The first-order chi connectivity index (χ1) is 7.75. The van der Waals surface area contributed by atoms with Crippen LogP contribution in [0.4, 0.5) is 0 Å². The van der Waals surface area contributed by atoms with Crippen LogP contribution in [0.2, 0.25) is 0 Å². The Morgan fingerprint density at radius 3 is 2.94 bits per heavy atom. The molecule has 0 aliphatic carbocycles. The van der Waals surface area contributed by atoms with Crippen LogP contribution < -0.4 is 5.73 Å². The van der Waals surface area contributed by atoms with Gasteiger partial charge in [0.15, 0.2) is 0 Å². The van der Waals surface area contributed by atoms with E-state index in [2.05, 4.69) is 4.98 Å². The number of nitrogens with two attached hydrogens (primary N) is 1. The maximum Gasteiger partial charge on any atom is 0.258 e. The monoisotopic (exact) mass is 228 g/mol. The maximum atomic E-state index is 11.1. The second-order valence-electron chi connectivity index (χ2n) is 3.53. The Morgan fingerprint density at radius 2 is 2.12 bits per heavy atom. The third-order valence-electron chi connectivity index (χ3n) is 2.50. The lowest BCUT2D eigenvalue weighted by atomic mass is 10.2. The third kappa shape index (κ3) is 1.27. The van der Waals surface area contributed by atoms with Gasteiger partial charge in [-0.15, -0.1) is 11.3 Å². The highest BCUT2D eigenvalue weighted by atomic mass is 32.1. The van der Waals surface area contributed by atoms with E-state index in [1.54, 1.807) is 12.3 Å². The summed E-state index contributed by atoms with van der Waals surface area (Å²) in [5.74, 6) is -0.384. The summed E-state index contributed by atoms with van der Waals surface area (Å²) in [6.07, 6.45) is 1.78. The van der Waals surface area contributed by atoms with Gasteiger partial charge < -0.3 is 5.73 Å². The van der Waals surface area contributed by atoms with Crippen molar-refractivity contribution in [2.75, 3.05) is 0 Å². The molecule has 78 valence electrons. The quantitative estimate of drug-likeness (QED) is 0.695. The molecule has 0 saturated heterocycles. The molecule has 0 spiro atoms. The molecule has 3 nitrogen and oxygen atoms in total. The van der Waals surface area contributed by atoms with Gasteiger partial charge in [0.05, 0.1) is 10.4 Å². The summed E-state index contributed by atoms with van der Waals surface area (Å²) in [4.78, 5) is 16.0. The van der Waals surface area contributed by atoms with Crippen molar-refractivity contribution < 1.29 is 4.79 Å². The van der Waals surface area contributed by atoms with Crippen molar-refractivity contribution in [1.29, 1.82) is 0 Å². The first-order valence-corrected chi connectivity index (χ1v) is 5.64. The molecule has 3 aromatic rings. The minimum Gasteiger partial charge on any atom is -0.365 e. The number of fused-ring (bicyclic) bond motifs is 3. The van der Waals surface area contributed by atoms with E-state index < -0.39 is 0 Å². The van der Waals surface area contributed by atoms with Gasteiger partial charge in [-0.2, -0.15) is 0 Å². The number of aromatic nitrogens is 1. The van der Waals surface area contributed by atoms with Crippen molar-refractivity contribution in [1.82, 2.24) is 4.98 Å². The number of benzene rings is 1. The van der Waals surface area contributed by atoms with Gasteiger partial charge in [0.2, 0.25) is 0 Å². The van der Waals surface area contributed by atoms with Crippen LogP contribution in [0.1, 0.15) is 9.67 Å². The zero-order chi connectivity index (χ0) is 11.1. The second-order valence-corrected chi connectivity index (χ2v) is 4.59. The highest BCUT2D eigenvalue weighted by molar-refractivity contribution is 7.21. The fourth-order valence-corrected chi connectivity index (χ4v) is 2.77. The lowest BCUT2D eigenvalue weighted by molar-refractivity contribution is 0.100. The number of pyridine rings is 1. The molecular weight excluding hydrogens is 220 g/mol. The molecule has 0 saturated carbocycles. The lowest BCUT2D eigenvalue weighted by Crippen LogP contribution is -2.07. The van der Waals surface area contributed by atoms with Gasteiger partial charge in [0.25, 0.3) is 5.91 Å². The number of nitrogens with zero attached hydrogens (tertiary/aromatic N) is 1. The van der Waals surface area contributed by atoms with E-state index >= 15 is 0 Å². The molecule has 16 heavy (non-hydrogen) atoms. The molecule has 3 rings (SSSR count). The van der Waals surface area contributed by atoms with Crippen LogP contribution >= 0.6 is 11.3 Å². The van der Waals surface area contributed by atoms with Crippen LogP contribution in [0.3, 0.4) is 0 Å². The molecule has 0 aliphatic heterocycles. The predicted molar refractivity (Wildman–Crippen MR) is 65.6 cm³/mol. The van der Waals surface area contributed by atoms with Gasteiger partial charge in [-0.05, 0) is 12.1 Å². The average molecular weight is 228 g/mol. The van der Waals surface area contributed by atoms with Gasteiger partial charge in [-0.1, -0.05) is 18.2 Å². The number of thiophene rings is 1. The first kappa shape index (κ1) is 9.30. The minimum atomic E-state index is -0.384. The normalized spacial score (nSPS) is 11.0. The molecule has 0 aliphatic rings. The fourth-order valence-electron chi connectivity index (χ4n) is 1.75. The zero-order valence-corrected chi connectivity index (χ0v) is 9.12. The van der Waals surface area contributed by atoms with Crippen molar-refractivity contribution in [3.8, 4) is 0 Å². The Morgan fingerprint density at radius 1 is 1.31 bits per heavy atom. The van der Waals surface area contributed by atoms with E-state index in [0.717, 1.165) is 21.0 Å². The number of carbonyl (C=O) groups excluding carboxylic acids is 1. The molecule has 0 radical (unpaired) electrons. The molecule has 1 amide bonds. The molecule has 2 aromatic heterocycles. The van der Waals surface area contributed by atoms with E-state index in [-0.39, 0.29) is 5.91 Å². The molecule has 0 bridgehead atoms. The van der Waals surface area contributed by atoms with Gasteiger partial charge in [0.1, 0.15) is 0 Å². The summed E-state index contributed by atoms with van der Waals surface area (Å²) < 4.78 is 1.07. The van der Waals surface area contributed by atoms with Gasteiger partial charge in [-0.3, -0.25) is 9.78 Å². The predicted octanol–water partition coefficient (Wildman–Crippen LogP) is 2.55. The Hall–Kier alpha value is -1.94. The molecular formula is C12H8N2OS. The van der Waals surface area contributed by atoms with Crippen LogP contribution in [0.5, 0.6) is 0 Å². The summed E-state index contributed by atoms with van der Waals surface area (Å²) in [6, 6.07) is 9.67. The molecule has 0 atom stereocenters. The topological polar surface area (TPSA) is 56.0 Å². The molecule has 4 heteroatoms. The summed E-state index contributed by atoms with van der Waals surface area (Å²) in [5, 5.41) is 2.04. The zero-order valence-electron chi connectivity index (χ0n) is 8.31. The molecule has 2 heterocycles. The number of primary amides is 1. The summed E-state index contributed by atoms with van der Waals surface area (Å²) >= 11 is 1.42. The third-order valence-corrected chi connectivity index (χ3v) is 3.69. The Labute approximate surface area is 95.5 Å². The average Bonchev–Trinajstić information content (AvgIpc) is 2.73. The largest absolute Gasteiger partial charge is 0.365 e. The maximum absolute atomic E-state index is 11.1. The van der Waals surface area contributed by atoms with Crippen molar-refractivity contribution in [2.45, 2.75) is 0 Å². The minimum absolute atomic E-state index is 0.384. The summed E-state index contributed by atoms with van der Waals surface area (Å²) in [6.45, 7) is 0. The highest BCUT2D eigenvalue weighted by Gasteiger charge is 2.09. The van der Waals surface area contributed by atoms with E-state index in [1.807, 2.05) is 24.3 Å². The van der Waals surface area contributed by atoms with Crippen molar-refractivity contribution in [3.05, 3.63) is 41.4 Å². The van der Waals surface area contributed by atoms with Gasteiger partial charge in [0, 0.05) is 21.7 Å². The van der Waals surface area contributed by atoms with Crippen molar-refractivity contribution in [3.63, 3.8) is 0 Å². The van der Waals surface area contributed by atoms with Crippen molar-refractivity contribution >= 4 is 38.2 Å². The van der Waals surface area contributed by atoms with E-state index in [9.17, 15) is 4.79 Å². The van der Waals surface area contributed by atoms with Crippen molar-refractivity contribution in [2.24, 2.45) is 5.73 Å². The summed E-state index contributed by atoms with van der Waals surface area (Å²) in [7, 11) is 0. The van der Waals surface area contributed by atoms with Gasteiger partial charge >= 0.3 is 0 Å². The number of para-hydroxylation sites is 1. The van der Waals surface area contributed by atoms with E-state index in [4.69, 9.17) is 5.73 Å².